The van der Waals surface area contributed by atoms with Gasteiger partial charge in [-0.3, -0.25) is 9.78 Å². The lowest BCUT2D eigenvalue weighted by Crippen LogP contribution is -2.27. The van der Waals surface area contributed by atoms with Crippen molar-refractivity contribution in [3.8, 4) is 0 Å². The summed E-state index contributed by atoms with van der Waals surface area (Å²) in [6.45, 7) is 1.01. The fourth-order valence-electron chi connectivity index (χ4n) is 2.78. The third kappa shape index (κ3) is 4.00. The van der Waals surface area contributed by atoms with Crippen molar-refractivity contribution >= 4 is 40.5 Å². The van der Waals surface area contributed by atoms with Gasteiger partial charge in [0.25, 0.3) is 5.56 Å². The molecule has 0 radical (unpaired) electrons. The summed E-state index contributed by atoms with van der Waals surface area (Å²) in [6.07, 6.45) is 1.31. The van der Waals surface area contributed by atoms with Gasteiger partial charge in [0, 0.05) is 20.2 Å². The summed E-state index contributed by atoms with van der Waals surface area (Å²) < 4.78 is 5.55. The van der Waals surface area contributed by atoms with E-state index in [0.717, 1.165) is 18.4 Å². The van der Waals surface area contributed by atoms with Crippen LogP contribution in [-0.2, 0) is 11.3 Å². The molecule has 1 aromatic heterocycles. The molecule has 1 aliphatic rings. The predicted octanol–water partition coefficient (Wildman–Crippen LogP) is 3.28. The molecule has 7 nitrogen and oxygen atoms in total. The number of H-pyrrole nitrogens is 1. The first-order valence-electron chi connectivity index (χ1n) is 8.20. The molecule has 0 spiro atoms. The highest BCUT2D eigenvalue weighted by molar-refractivity contribution is 6.42. The van der Waals surface area contributed by atoms with Crippen molar-refractivity contribution in [3.63, 3.8) is 0 Å². The van der Waals surface area contributed by atoms with Crippen molar-refractivity contribution in [1.82, 2.24) is 9.97 Å². The first-order valence-corrected chi connectivity index (χ1v) is 8.95. The molecule has 26 heavy (non-hydrogen) atoms. The minimum atomic E-state index is -0.350. The topological polar surface area (TPSA) is 103 Å². The zero-order chi connectivity index (χ0) is 18.7. The highest BCUT2D eigenvalue weighted by Crippen LogP contribution is 2.23. The second-order valence-corrected chi connectivity index (χ2v) is 6.72. The molecule has 0 amide bonds. The first kappa shape index (κ1) is 18.7. The van der Waals surface area contributed by atoms with E-state index in [4.69, 9.17) is 33.3 Å². The maximum absolute atomic E-state index is 12.3. The van der Waals surface area contributed by atoms with Gasteiger partial charge in [0.05, 0.1) is 15.8 Å². The molecule has 1 aromatic carbocycles. The number of anilines is 2. The van der Waals surface area contributed by atoms with Gasteiger partial charge in [-0.05, 0) is 30.5 Å². The molecule has 4 N–H and O–H groups in total. The molecule has 1 aliphatic heterocycles. The number of rotatable bonds is 6. The number of aromatic amines is 1. The Kier molecular flexibility index (Phi) is 5.80. The fraction of sp³-hybridized carbons (Fsp3) is 0.353. The summed E-state index contributed by atoms with van der Waals surface area (Å²) in [4.78, 5) is 19.4. The number of hydrogen-bond donors (Lipinski definition) is 4. The first-order chi connectivity index (χ1) is 12.5. The van der Waals surface area contributed by atoms with Gasteiger partial charge in [0.1, 0.15) is 17.5 Å². The van der Waals surface area contributed by atoms with Crippen molar-refractivity contribution < 1.29 is 4.74 Å². The molecule has 9 heteroatoms. The molecule has 3 rings (SSSR count). The van der Waals surface area contributed by atoms with E-state index in [-0.39, 0.29) is 29.0 Å². The summed E-state index contributed by atoms with van der Waals surface area (Å²) in [7, 11) is 1.63. The molecule has 0 aliphatic carbocycles. The molecule has 0 bridgehead atoms. The Hall–Kier alpha value is -2.09. The average Bonchev–Trinajstić information content (AvgIpc) is 3.16. The number of aromatic nitrogens is 2. The van der Waals surface area contributed by atoms with Crippen molar-refractivity contribution in [2.45, 2.75) is 25.5 Å². The van der Waals surface area contributed by atoms with Crippen molar-refractivity contribution in [3.05, 3.63) is 49.9 Å². The Balaban J connectivity index is 1.84. The van der Waals surface area contributed by atoms with E-state index >= 15 is 0 Å². The lowest BCUT2D eigenvalue weighted by Gasteiger charge is -2.15. The van der Waals surface area contributed by atoms with Crippen molar-refractivity contribution in [1.29, 1.82) is 5.41 Å². The average molecular weight is 396 g/mol. The monoisotopic (exact) mass is 395 g/mol. The lowest BCUT2D eigenvalue weighted by atomic mass is 10.1. The van der Waals surface area contributed by atoms with Gasteiger partial charge in [-0.1, -0.05) is 29.3 Å². The zero-order valence-electron chi connectivity index (χ0n) is 14.2. The molecule has 1 fully saturated rings. The van der Waals surface area contributed by atoms with Gasteiger partial charge in [-0.15, -0.1) is 0 Å². The van der Waals surface area contributed by atoms with E-state index < -0.39 is 0 Å². The van der Waals surface area contributed by atoms with Crippen LogP contribution in [0.3, 0.4) is 0 Å². The van der Waals surface area contributed by atoms with Gasteiger partial charge in [0.15, 0.2) is 0 Å². The zero-order valence-corrected chi connectivity index (χ0v) is 15.7. The summed E-state index contributed by atoms with van der Waals surface area (Å²) in [6, 6.07) is 5.28. The lowest BCUT2D eigenvalue weighted by molar-refractivity contribution is 0.158. The number of ether oxygens (including phenoxy) is 1. The van der Waals surface area contributed by atoms with Crippen LogP contribution in [0.2, 0.25) is 10.0 Å². The van der Waals surface area contributed by atoms with Crippen LogP contribution >= 0.6 is 23.2 Å². The highest BCUT2D eigenvalue weighted by atomic mass is 35.5. The Labute approximate surface area is 160 Å². The molecule has 0 saturated carbocycles. The summed E-state index contributed by atoms with van der Waals surface area (Å²) in [5.41, 5.74) is 1.29. The molecule has 138 valence electrons. The molecule has 1 saturated heterocycles. The Morgan fingerprint density at radius 2 is 2.23 bits per heavy atom. The molecule has 2 aromatic rings. The number of halogens is 2. The van der Waals surface area contributed by atoms with Crippen LogP contribution in [-0.4, -0.2) is 35.4 Å². The molecule has 2 heterocycles. The van der Waals surface area contributed by atoms with Crippen LogP contribution in [0.1, 0.15) is 24.1 Å². The Morgan fingerprint density at radius 3 is 2.88 bits per heavy atom. The van der Waals surface area contributed by atoms with Crippen LogP contribution in [0.5, 0.6) is 0 Å². The van der Waals surface area contributed by atoms with Gasteiger partial charge in [-0.2, -0.15) is 0 Å². The van der Waals surface area contributed by atoms with Gasteiger partial charge in [0.2, 0.25) is 5.95 Å². The summed E-state index contributed by atoms with van der Waals surface area (Å²) in [5.74, 6) is 0.276. The van der Waals surface area contributed by atoms with Crippen LogP contribution in [0.25, 0.3) is 0 Å². The van der Waals surface area contributed by atoms with Crippen LogP contribution < -0.4 is 16.2 Å². The van der Waals surface area contributed by atoms with E-state index in [1.54, 1.807) is 19.2 Å². The predicted molar refractivity (Wildman–Crippen MR) is 104 cm³/mol. The fourth-order valence-corrected chi connectivity index (χ4v) is 3.10. The number of nitrogens with one attached hydrogen (secondary N) is 4. The summed E-state index contributed by atoms with van der Waals surface area (Å²) >= 11 is 11.9. The molecular formula is C17H19Cl2N5O2. The van der Waals surface area contributed by atoms with Crippen molar-refractivity contribution in [2.75, 3.05) is 24.3 Å². The third-order valence-electron chi connectivity index (χ3n) is 4.12. The third-order valence-corrected chi connectivity index (χ3v) is 4.86. The Bertz CT molecular complexity index is 878. The normalized spacial score (nSPS) is 16.5. The van der Waals surface area contributed by atoms with E-state index in [0.29, 0.717) is 28.9 Å². The van der Waals surface area contributed by atoms with E-state index in [1.165, 1.54) is 0 Å². The number of hydrogen-bond acceptors (Lipinski definition) is 6. The standard InChI is InChI=1S/C17H19Cl2N5O2/c1-21-15-14(13(20)12-3-2-6-26-12)23-17(24-16(15)25)22-8-9-4-5-10(18)11(19)7-9/h4-5,7,12,20-21H,2-3,6,8H2,1H3,(H2,22,23,24,25). The quantitative estimate of drug-likeness (QED) is 0.562. The van der Waals surface area contributed by atoms with E-state index in [1.807, 2.05) is 6.07 Å². The second-order valence-electron chi connectivity index (χ2n) is 5.91. The molecule has 1 unspecified atom stereocenters. The van der Waals surface area contributed by atoms with Crippen LogP contribution in [0.4, 0.5) is 11.6 Å². The smallest absolute Gasteiger partial charge is 0.276 e. The van der Waals surface area contributed by atoms with Gasteiger partial charge >= 0.3 is 0 Å². The largest absolute Gasteiger partial charge is 0.382 e. The minimum absolute atomic E-state index is 0.204. The van der Waals surface area contributed by atoms with E-state index in [2.05, 4.69) is 20.6 Å². The Morgan fingerprint density at radius 1 is 1.42 bits per heavy atom. The van der Waals surface area contributed by atoms with Crippen molar-refractivity contribution in [2.24, 2.45) is 0 Å². The van der Waals surface area contributed by atoms with E-state index in [9.17, 15) is 4.79 Å². The molecular weight excluding hydrogens is 377 g/mol. The number of nitrogens with zero attached hydrogens (tertiary/aromatic N) is 1. The van der Waals surface area contributed by atoms with Crippen LogP contribution in [0, 0.1) is 5.41 Å². The second kappa shape index (κ2) is 8.07. The molecule has 1 atom stereocenters. The van der Waals surface area contributed by atoms with Gasteiger partial charge in [-0.25, -0.2) is 4.98 Å². The minimum Gasteiger partial charge on any atom is -0.382 e. The van der Waals surface area contributed by atoms with Crippen LogP contribution in [0.15, 0.2) is 23.0 Å². The highest BCUT2D eigenvalue weighted by Gasteiger charge is 2.26. The number of benzene rings is 1. The van der Waals surface area contributed by atoms with Gasteiger partial charge < -0.3 is 20.8 Å². The summed E-state index contributed by atoms with van der Waals surface area (Å²) in [5, 5.41) is 15.2. The maximum atomic E-state index is 12.3. The SMILES string of the molecule is CNc1c(C(=N)C2CCCO2)nc(NCc2ccc(Cl)c(Cl)c2)[nH]c1=O. The maximum Gasteiger partial charge on any atom is 0.276 e.